The van der Waals surface area contributed by atoms with E-state index in [1.165, 1.54) is 12.0 Å². The van der Waals surface area contributed by atoms with E-state index >= 15 is 0 Å². The van der Waals surface area contributed by atoms with Crippen LogP contribution in [-0.4, -0.2) is 50.9 Å². The Morgan fingerprint density at radius 3 is 2.07 bits per heavy atom. The molecule has 43 heavy (non-hydrogen) atoms. The summed E-state index contributed by atoms with van der Waals surface area (Å²) in [4.78, 5) is 29.6. The first-order valence-electron chi connectivity index (χ1n) is 14.9. The first-order chi connectivity index (χ1) is 20.5. The largest absolute Gasteiger partial charge is 0.495 e. The predicted octanol–water partition coefficient (Wildman–Crippen LogP) is 5.68. The standard InChI is InChI=1S/C34H43N3O5S/c1-6-30(34(39)35-28-9-7-8-10-28)36(22-27-16-11-24(2)12-17-27)33(38)23-37(31-21-26(4)15-20-32(31)42-5)43(40,41)29-18-13-25(3)14-19-29/h11-21,28,30H,6-10,22-23H2,1-5H3,(H,35,39)/t30-/m1/s1. The Bertz CT molecular complexity index is 1510. The van der Waals surface area contributed by atoms with Crippen LogP contribution in [0.2, 0.25) is 0 Å². The number of rotatable bonds is 12. The van der Waals surface area contributed by atoms with Gasteiger partial charge in [-0.3, -0.25) is 13.9 Å². The summed E-state index contributed by atoms with van der Waals surface area (Å²) in [5.41, 5.74) is 3.92. The van der Waals surface area contributed by atoms with Gasteiger partial charge in [0, 0.05) is 12.6 Å². The number of hydrogen-bond acceptors (Lipinski definition) is 5. The molecule has 4 rings (SSSR count). The van der Waals surface area contributed by atoms with E-state index in [2.05, 4.69) is 5.32 Å². The Labute approximate surface area is 256 Å². The van der Waals surface area contributed by atoms with E-state index in [-0.39, 0.29) is 29.1 Å². The fourth-order valence-corrected chi connectivity index (χ4v) is 6.94. The summed E-state index contributed by atoms with van der Waals surface area (Å²) in [5, 5.41) is 3.15. The summed E-state index contributed by atoms with van der Waals surface area (Å²) in [7, 11) is -2.72. The average Bonchev–Trinajstić information content (AvgIpc) is 3.50. The van der Waals surface area contributed by atoms with Gasteiger partial charge in [0.05, 0.1) is 17.7 Å². The predicted molar refractivity (Wildman–Crippen MR) is 170 cm³/mol. The lowest BCUT2D eigenvalue weighted by molar-refractivity contribution is -0.140. The van der Waals surface area contributed by atoms with Crippen molar-refractivity contribution in [3.63, 3.8) is 0 Å². The Morgan fingerprint density at radius 2 is 1.49 bits per heavy atom. The van der Waals surface area contributed by atoms with Crippen LogP contribution in [0.5, 0.6) is 5.75 Å². The van der Waals surface area contributed by atoms with Gasteiger partial charge < -0.3 is 15.0 Å². The molecular formula is C34H43N3O5S. The number of amides is 2. The van der Waals surface area contributed by atoms with E-state index in [1.54, 1.807) is 36.4 Å². The zero-order valence-corrected chi connectivity index (χ0v) is 26.6. The normalized spacial score (nSPS) is 14.3. The van der Waals surface area contributed by atoms with Gasteiger partial charge >= 0.3 is 0 Å². The molecule has 3 aromatic carbocycles. The van der Waals surface area contributed by atoms with Crippen molar-refractivity contribution in [2.75, 3.05) is 18.0 Å². The first-order valence-corrected chi connectivity index (χ1v) is 16.4. The van der Waals surface area contributed by atoms with E-state index < -0.39 is 28.5 Å². The molecule has 0 saturated heterocycles. The fraction of sp³-hybridized carbons (Fsp3) is 0.412. The SMILES string of the molecule is CC[C@H](C(=O)NC1CCCC1)N(Cc1ccc(C)cc1)C(=O)CN(c1cc(C)ccc1OC)S(=O)(=O)c1ccc(C)cc1. The summed E-state index contributed by atoms with van der Waals surface area (Å²) in [5.74, 6) is -0.366. The van der Waals surface area contributed by atoms with Crippen molar-refractivity contribution in [2.24, 2.45) is 0 Å². The Kier molecular flexibility index (Phi) is 10.5. The second-order valence-corrected chi connectivity index (χ2v) is 13.3. The van der Waals surface area contributed by atoms with Crippen molar-refractivity contribution in [3.8, 4) is 5.75 Å². The number of nitrogens with zero attached hydrogens (tertiary/aromatic N) is 2. The zero-order valence-electron chi connectivity index (χ0n) is 25.8. The number of sulfonamides is 1. The highest BCUT2D eigenvalue weighted by Gasteiger charge is 2.35. The monoisotopic (exact) mass is 605 g/mol. The number of aryl methyl sites for hydroxylation is 3. The van der Waals surface area contributed by atoms with Crippen molar-refractivity contribution in [1.82, 2.24) is 10.2 Å². The Balaban J connectivity index is 1.76. The highest BCUT2D eigenvalue weighted by Crippen LogP contribution is 2.34. The lowest BCUT2D eigenvalue weighted by Gasteiger charge is -2.34. The van der Waals surface area contributed by atoms with Gasteiger partial charge in [0.1, 0.15) is 18.3 Å². The van der Waals surface area contributed by atoms with Crippen LogP contribution < -0.4 is 14.4 Å². The van der Waals surface area contributed by atoms with Gasteiger partial charge in [-0.05, 0) is 75.4 Å². The van der Waals surface area contributed by atoms with E-state index in [0.29, 0.717) is 12.2 Å². The van der Waals surface area contributed by atoms with Gasteiger partial charge in [0.25, 0.3) is 10.0 Å². The molecule has 0 radical (unpaired) electrons. The summed E-state index contributed by atoms with van der Waals surface area (Å²) in [6.45, 7) is 7.25. The van der Waals surface area contributed by atoms with Crippen LogP contribution in [-0.2, 0) is 26.2 Å². The van der Waals surface area contributed by atoms with Gasteiger partial charge in [0.15, 0.2) is 0 Å². The molecular weight excluding hydrogens is 562 g/mol. The molecule has 1 fully saturated rings. The molecule has 1 aliphatic rings. The third kappa shape index (κ3) is 7.76. The smallest absolute Gasteiger partial charge is 0.264 e. The molecule has 0 heterocycles. The molecule has 230 valence electrons. The van der Waals surface area contributed by atoms with E-state index in [9.17, 15) is 18.0 Å². The number of methoxy groups -OCH3 is 1. The molecule has 2 amide bonds. The van der Waals surface area contributed by atoms with Crippen LogP contribution in [0.4, 0.5) is 5.69 Å². The first kappa shape index (κ1) is 32.1. The molecule has 9 heteroatoms. The minimum absolute atomic E-state index is 0.0607. The number of carbonyl (C=O) groups is 2. The molecule has 8 nitrogen and oxygen atoms in total. The fourth-order valence-electron chi connectivity index (χ4n) is 5.52. The molecule has 0 unspecified atom stereocenters. The van der Waals surface area contributed by atoms with E-state index in [1.807, 2.05) is 58.0 Å². The van der Waals surface area contributed by atoms with Crippen molar-refractivity contribution >= 4 is 27.5 Å². The number of nitrogens with one attached hydrogen (secondary N) is 1. The molecule has 0 aliphatic heterocycles. The van der Waals surface area contributed by atoms with E-state index in [0.717, 1.165) is 52.2 Å². The van der Waals surface area contributed by atoms with Crippen LogP contribution in [0.3, 0.4) is 0 Å². The quantitative estimate of drug-likeness (QED) is 0.287. The van der Waals surface area contributed by atoms with Gasteiger partial charge in [-0.25, -0.2) is 8.42 Å². The summed E-state index contributed by atoms with van der Waals surface area (Å²) in [6.07, 6.45) is 4.36. The van der Waals surface area contributed by atoms with E-state index in [4.69, 9.17) is 4.74 Å². The van der Waals surface area contributed by atoms with Crippen molar-refractivity contribution < 1.29 is 22.7 Å². The zero-order chi connectivity index (χ0) is 31.1. The molecule has 0 aromatic heterocycles. The molecule has 3 aromatic rings. The van der Waals surface area contributed by atoms with Gasteiger partial charge in [-0.2, -0.15) is 0 Å². The molecule has 0 spiro atoms. The van der Waals surface area contributed by atoms with Crippen LogP contribution >= 0.6 is 0 Å². The topological polar surface area (TPSA) is 96.0 Å². The highest BCUT2D eigenvalue weighted by atomic mass is 32.2. The maximum absolute atomic E-state index is 14.4. The summed E-state index contributed by atoms with van der Waals surface area (Å²) < 4.78 is 35.1. The lowest BCUT2D eigenvalue weighted by atomic mass is 10.1. The highest BCUT2D eigenvalue weighted by molar-refractivity contribution is 7.92. The van der Waals surface area contributed by atoms with Gasteiger partial charge in [-0.1, -0.05) is 73.4 Å². The second kappa shape index (κ2) is 14.1. The number of hydrogen-bond donors (Lipinski definition) is 1. The molecule has 1 atom stereocenters. The van der Waals surface area contributed by atoms with Crippen LogP contribution in [0, 0.1) is 20.8 Å². The Hall–Kier alpha value is -3.85. The van der Waals surface area contributed by atoms with Crippen molar-refractivity contribution in [3.05, 3.63) is 89.0 Å². The molecule has 0 bridgehead atoms. The lowest BCUT2D eigenvalue weighted by Crippen LogP contribution is -2.53. The maximum atomic E-state index is 14.4. The van der Waals surface area contributed by atoms with Crippen LogP contribution in [0.1, 0.15) is 61.3 Å². The maximum Gasteiger partial charge on any atom is 0.264 e. The van der Waals surface area contributed by atoms with Gasteiger partial charge in [0.2, 0.25) is 11.8 Å². The molecule has 1 aliphatic carbocycles. The third-order valence-electron chi connectivity index (χ3n) is 8.05. The Morgan fingerprint density at radius 1 is 0.907 bits per heavy atom. The summed E-state index contributed by atoms with van der Waals surface area (Å²) in [6, 6.07) is 18.9. The molecule has 1 N–H and O–H groups in total. The van der Waals surface area contributed by atoms with Crippen LogP contribution in [0.15, 0.2) is 71.6 Å². The van der Waals surface area contributed by atoms with Crippen molar-refractivity contribution in [2.45, 2.75) is 83.3 Å². The van der Waals surface area contributed by atoms with Gasteiger partial charge in [-0.15, -0.1) is 0 Å². The average molecular weight is 606 g/mol. The second-order valence-electron chi connectivity index (χ2n) is 11.4. The third-order valence-corrected chi connectivity index (χ3v) is 9.83. The number of ether oxygens (including phenoxy) is 1. The van der Waals surface area contributed by atoms with Crippen molar-refractivity contribution in [1.29, 1.82) is 0 Å². The minimum atomic E-state index is -4.19. The number of carbonyl (C=O) groups excluding carboxylic acids is 2. The minimum Gasteiger partial charge on any atom is -0.495 e. The number of benzene rings is 3. The van der Waals surface area contributed by atoms with Crippen LogP contribution in [0.25, 0.3) is 0 Å². The summed E-state index contributed by atoms with van der Waals surface area (Å²) >= 11 is 0. The number of anilines is 1. The molecule has 1 saturated carbocycles.